The molecule has 0 saturated carbocycles. The molecule has 0 aromatic heterocycles. The molecule has 1 heterocycles. The van der Waals surface area contributed by atoms with Gasteiger partial charge in [-0.05, 0) is 19.9 Å². The maximum absolute atomic E-state index is 12.7. The molecular formula is C16H22N3O5S+. The van der Waals surface area contributed by atoms with Gasteiger partial charge in [-0.3, -0.25) is 0 Å². The number of benzene rings is 1. The molecule has 0 radical (unpaired) electrons. The van der Waals surface area contributed by atoms with Gasteiger partial charge >= 0.3 is 11.9 Å². The number of hydrogen-bond donors (Lipinski definition) is 1. The average molecular weight is 368 g/mol. The van der Waals surface area contributed by atoms with Gasteiger partial charge in [0.15, 0.2) is 0 Å². The van der Waals surface area contributed by atoms with Gasteiger partial charge in [0.2, 0.25) is 15.3 Å². The number of hydrogen-bond acceptors (Lipinski definition) is 5. The standard InChI is InChI=1S/C16H22N3O5S/c1-10-6-7-13(24-5)12(8-10)11(2)17-25(22,23)14-9-18(3)16(21)19(4)15(14)20/h6-9,11,14,17H,1-5H3/q+1. The molecule has 9 heteroatoms. The minimum Gasteiger partial charge on any atom is -0.496 e. The molecule has 1 aliphatic heterocycles. The van der Waals surface area contributed by atoms with E-state index < -0.39 is 33.3 Å². The molecule has 8 nitrogen and oxygen atoms in total. The lowest BCUT2D eigenvalue weighted by Gasteiger charge is -2.23. The van der Waals surface area contributed by atoms with E-state index in [1.165, 1.54) is 21.2 Å². The van der Waals surface area contributed by atoms with Crippen molar-refractivity contribution in [3.63, 3.8) is 0 Å². The van der Waals surface area contributed by atoms with Crippen molar-refractivity contribution in [2.75, 3.05) is 21.2 Å². The molecule has 1 aromatic carbocycles. The number of nitrogens with one attached hydrogen (secondary N) is 1. The summed E-state index contributed by atoms with van der Waals surface area (Å²) in [5, 5.41) is -1.47. The number of ether oxygens (including phenoxy) is 1. The molecule has 1 aromatic rings. The van der Waals surface area contributed by atoms with E-state index >= 15 is 0 Å². The molecule has 1 aliphatic rings. The zero-order chi connectivity index (χ0) is 18.9. The predicted molar refractivity (Wildman–Crippen MR) is 92.4 cm³/mol. The van der Waals surface area contributed by atoms with Crippen molar-refractivity contribution >= 4 is 28.2 Å². The van der Waals surface area contributed by atoms with E-state index in [1.807, 2.05) is 19.1 Å². The van der Waals surface area contributed by atoms with Crippen LogP contribution in [-0.2, 0) is 14.8 Å². The SMILES string of the molecule is COc1ccc(C)cc1C(C)NS(=O)(=O)C1C=[N+](C)C(=O)N(C)C1=O. The first-order valence-corrected chi connectivity index (χ1v) is 9.18. The van der Waals surface area contributed by atoms with Gasteiger partial charge in [-0.2, -0.15) is 9.69 Å². The summed E-state index contributed by atoms with van der Waals surface area (Å²) in [5.41, 5.74) is 1.61. The van der Waals surface area contributed by atoms with Crippen molar-refractivity contribution in [2.45, 2.75) is 25.1 Å². The Morgan fingerprint density at radius 2 is 1.96 bits per heavy atom. The second kappa shape index (κ2) is 6.93. The number of urea groups is 1. The molecule has 0 aliphatic carbocycles. The van der Waals surface area contributed by atoms with Gasteiger partial charge in [-0.1, -0.05) is 17.7 Å². The summed E-state index contributed by atoms with van der Waals surface area (Å²) in [6.45, 7) is 3.55. The summed E-state index contributed by atoms with van der Waals surface area (Å²) in [5.74, 6) is -0.247. The van der Waals surface area contributed by atoms with Crippen LogP contribution in [0.2, 0.25) is 0 Å². The van der Waals surface area contributed by atoms with Gasteiger partial charge < -0.3 is 4.74 Å². The van der Waals surface area contributed by atoms with E-state index in [-0.39, 0.29) is 0 Å². The number of carbonyl (C=O) groups is 2. The molecule has 2 rings (SSSR count). The van der Waals surface area contributed by atoms with Crippen LogP contribution in [-0.4, -0.2) is 62.5 Å². The maximum atomic E-state index is 12.7. The molecule has 0 saturated heterocycles. The molecule has 0 fully saturated rings. The van der Waals surface area contributed by atoms with E-state index in [9.17, 15) is 18.0 Å². The number of methoxy groups -OCH3 is 1. The Labute approximate surface area is 147 Å². The fraction of sp³-hybridized carbons (Fsp3) is 0.438. The normalized spacial score (nSPS) is 19.6. The lowest BCUT2D eigenvalue weighted by Crippen LogP contribution is -2.55. The molecule has 0 spiro atoms. The monoisotopic (exact) mass is 368 g/mol. The molecule has 0 bridgehead atoms. The van der Waals surface area contributed by atoms with Crippen molar-refractivity contribution in [3.8, 4) is 5.75 Å². The Balaban J connectivity index is 2.34. The van der Waals surface area contributed by atoms with Gasteiger partial charge in [0, 0.05) is 11.6 Å². The maximum Gasteiger partial charge on any atom is 0.500 e. The summed E-state index contributed by atoms with van der Waals surface area (Å²) in [6, 6.07) is 4.24. The zero-order valence-corrected chi connectivity index (χ0v) is 15.6. The van der Waals surface area contributed by atoms with Gasteiger partial charge in [-0.25, -0.2) is 22.5 Å². The quantitative estimate of drug-likeness (QED) is 0.770. The first kappa shape index (κ1) is 19.1. The summed E-state index contributed by atoms with van der Waals surface area (Å²) >= 11 is 0. The summed E-state index contributed by atoms with van der Waals surface area (Å²) in [4.78, 5) is 24.8. The van der Waals surface area contributed by atoms with E-state index in [0.29, 0.717) is 11.3 Å². The van der Waals surface area contributed by atoms with Crippen LogP contribution >= 0.6 is 0 Å². The zero-order valence-electron chi connectivity index (χ0n) is 14.8. The number of imide groups is 1. The second-order valence-electron chi connectivity index (χ2n) is 5.99. The van der Waals surface area contributed by atoms with Crippen LogP contribution in [0.1, 0.15) is 24.1 Å². The third-order valence-electron chi connectivity index (χ3n) is 4.05. The molecule has 2 unspecified atom stereocenters. The van der Waals surface area contributed by atoms with Crippen molar-refractivity contribution in [2.24, 2.45) is 0 Å². The molecule has 3 amide bonds. The summed E-state index contributed by atoms with van der Waals surface area (Å²) in [6.07, 6.45) is 1.10. The third-order valence-corrected chi connectivity index (χ3v) is 5.72. The van der Waals surface area contributed by atoms with Gasteiger partial charge in [0.25, 0.3) is 0 Å². The van der Waals surface area contributed by atoms with Crippen molar-refractivity contribution in [1.82, 2.24) is 9.62 Å². The second-order valence-corrected chi connectivity index (χ2v) is 7.82. The largest absolute Gasteiger partial charge is 0.500 e. The number of rotatable bonds is 5. The highest BCUT2D eigenvalue weighted by Gasteiger charge is 2.46. The highest BCUT2D eigenvalue weighted by atomic mass is 32.2. The Kier molecular flexibility index (Phi) is 5.28. The number of carbonyl (C=O) groups excluding carboxylic acids is 2. The van der Waals surface area contributed by atoms with Gasteiger partial charge in [0.05, 0.1) is 21.2 Å². The van der Waals surface area contributed by atoms with Crippen LogP contribution in [0, 0.1) is 6.92 Å². The number of nitrogens with zero attached hydrogens (tertiary/aromatic N) is 2. The van der Waals surface area contributed by atoms with Crippen LogP contribution in [0.15, 0.2) is 18.2 Å². The van der Waals surface area contributed by atoms with E-state index in [1.54, 1.807) is 13.0 Å². The van der Waals surface area contributed by atoms with E-state index in [0.717, 1.165) is 21.3 Å². The molecular weight excluding hydrogens is 346 g/mol. The smallest absolute Gasteiger partial charge is 0.496 e. The first-order valence-electron chi connectivity index (χ1n) is 7.63. The topological polar surface area (TPSA) is 95.8 Å². The predicted octanol–water partition coefficient (Wildman–Crippen LogP) is 0.658. The number of amides is 3. The molecule has 136 valence electrons. The van der Waals surface area contributed by atoms with Crippen molar-refractivity contribution < 1.29 is 27.3 Å². The fourth-order valence-corrected chi connectivity index (χ4v) is 4.17. The van der Waals surface area contributed by atoms with Crippen LogP contribution in [0.4, 0.5) is 4.79 Å². The van der Waals surface area contributed by atoms with Gasteiger partial charge in [-0.15, -0.1) is 0 Å². The average Bonchev–Trinajstić information content (AvgIpc) is 2.55. The number of sulfonamides is 1. The van der Waals surface area contributed by atoms with E-state index in [2.05, 4.69) is 4.72 Å². The van der Waals surface area contributed by atoms with Crippen LogP contribution in [0.25, 0.3) is 0 Å². The van der Waals surface area contributed by atoms with Crippen LogP contribution in [0.5, 0.6) is 5.75 Å². The molecule has 1 N–H and O–H groups in total. The molecule has 25 heavy (non-hydrogen) atoms. The highest BCUT2D eigenvalue weighted by Crippen LogP contribution is 2.27. The Hall–Kier alpha value is -2.26. The highest BCUT2D eigenvalue weighted by molar-refractivity contribution is 7.91. The Morgan fingerprint density at radius 3 is 2.56 bits per heavy atom. The Bertz CT molecular complexity index is 847. The summed E-state index contributed by atoms with van der Waals surface area (Å²) in [7, 11) is 0.107. The van der Waals surface area contributed by atoms with Gasteiger partial charge in [0.1, 0.15) is 12.0 Å². The summed E-state index contributed by atoms with van der Waals surface area (Å²) < 4.78 is 34.3. The Morgan fingerprint density at radius 1 is 1.32 bits per heavy atom. The van der Waals surface area contributed by atoms with E-state index in [4.69, 9.17) is 4.74 Å². The minimum absolute atomic E-state index is 0.546. The van der Waals surface area contributed by atoms with Crippen molar-refractivity contribution in [1.29, 1.82) is 0 Å². The van der Waals surface area contributed by atoms with Crippen LogP contribution < -0.4 is 9.46 Å². The first-order chi connectivity index (χ1) is 11.6. The fourth-order valence-electron chi connectivity index (χ4n) is 2.64. The third kappa shape index (κ3) is 3.72. The number of aryl methyl sites for hydroxylation is 1. The molecule has 2 atom stereocenters. The van der Waals surface area contributed by atoms with Crippen molar-refractivity contribution in [3.05, 3.63) is 29.3 Å². The lowest BCUT2D eigenvalue weighted by molar-refractivity contribution is -0.399. The van der Waals surface area contributed by atoms with Crippen LogP contribution in [0.3, 0.4) is 0 Å². The lowest BCUT2D eigenvalue weighted by atomic mass is 10.1. The minimum atomic E-state index is -4.05.